The number of aromatic nitrogens is 1. The van der Waals surface area contributed by atoms with E-state index in [9.17, 15) is 18.3 Å². The molecule has 30 heavy (non-hydrogen) atoms. The van der Waals surface area contributed by atoms with Crippen LogP contribution in [0.5, 0.6) is 0 Å². The first-order valence-electron chi connectivity index (χ1n) is 9.26. The Hall–Kier alpha value is -3.15. The number of hydrogen-bond donors (Lipinski definition) is 4. The molecule has 4 rings (SSSR count). The average molecular weight is 432 g/mol. The van der Waals surface area contributed by atoms with Gasteiger partial charge < -0.3 is 14.4 Å². The van der Waals surface area contributed by atoms with E-state index in [4.69, 9.17) is 9.62 Å². The van der Waals surface area contributed by atoms with E-state index in [0.29, 0.717) is 42.8 Å². The van der Waals surface area contributed by atoms with Crippen molar-refractivity contribution in [2.75, 3.05) is 22.7 Å². The van der Waals surface area contributed by atoms with Crippen LogP contribution in [0.25, 0.3) is 11.0 Å². The van der Waals surface area contributed by atoms with Crippen molar-refractivity contribution in [3.05, 3.63) is 48.4 Å². The van der Waals surface area contributed by atoms with Gasteiger partial charge in [-0.15, -0.1) is 0 Å². The lowest BCUT2D eigenvalue weighted by atomic mass is 10.1. The van der Waals surface area contributed by atoms with E-state index in [1.165, 1.54) is 29.7 Å². The number of hydrogen-bond acceptors (Lipinski definition) is 8. The highest BCUT2D eigenvalue weighted by atomic mass is 32.2. The summed E-state index contributed by atoms with van der Waals surface area (Å²) in [6.45, 7) is 1.14. The largest absolute Gasteiger partial charge is 0.451 e. The van der Waals surface area contributed by atoms with Crippen molar-refractivity contribution < 1.29 is 27.9 Å². The molecule has 11 heteroatoms. The number of hydroxylamine groups is 1. The van der Waals surface area contributed by atoms with Gasteiger partial charge in [0.1, 0.15) is 5.58 Å². The molecule has 3 heterocycles. The number of piperidine rings is 1. The zero-order valence-corrected chi connectivity index (χ0v) is 16.6. The predicted octanol–water partition coefficient (Wildman–Crippen LogP) is 1.71. The molecule has 0 radical (unpaired) electrons. The fourth-order valence-corrected chi connectivity index (χ4v) is 4.43. The van der Waals surface area contributed by atoms with Crippen LogP contribution in [-0.4, -0.2) is 48.8 Å². The first-order chi connectivity index (χ1) is 14.4. The number of anilines is 2. The molecule has 0 bridgehead atoms. The summed E-state index contributed by atoms with van der Waals surface area (Å²) in [5.41, 5.74) is 1.98. The molecule has 1 saturated heterocycles. The number of benzene rings is 1. The van der Waals surface area contributed by atoms with E-state index in [-0.39, 0.29) is 22.3 Å². The van der Waals surface area contributed by atoms with Gasteiger partial charge >= 0.3 is 5.91 Å². The Bertz CT molecular complexity index is 1180. The molecular weight excluding hydrogens is 412 g/mol. The molecule has 1 aromatic carbocycles. The quantitative estimate of drug-likeness (QED) is 0.352. The molecule has 1 aliphatic rings. The number of fused-ring (bicyclic) bond motifs is 1. The van der Waals surface area contributed by atoms with Gasteiger partial charge in [0.15, 0.2) is 11.6 Å². The summed E-state index contributed by atoms with van der Waals surface area (Å²) in [5.74, 6) is -0.480. The molecule has 1 amide bonds. The van der Waals surface area contributed by atoms with Gasteiger partial charge in [0.25, 0.3) is 10.0 Å². The second-order valence-corrected chi connectivity index (χ2v) is 8.63. The summed E-state index contributed by atoms with van der Waals surface area (Å²) < 4.78 is 33.8. The molecule has 3 aromatic rings. The van der Waals surface area contributed by atoms with Gasteiger partial charge in [-0.2, -0.15) is 0 Å². The molecule has 0 atom stereocenters. The fourth-order valence-electron chi connectivity index (χ4n) is 3.36. The van der Waals surface area contributed by atoms with Crippen LogP contribution in [-0.2, 0) is 10.0 Å². The highest BCUT2D eigenvalue weighted by Crippen LogP contribution is 2.29. The highest BCUT2D eigenvalue weighted by molar-refractivity contribution is 7.92. The maximum Gasteiger partial charge on any atom is 0.310 e. The molecule has 10 nitrogen and oxygen atoms in total. The van der Waals surface area contributed by atoms with Crippen LogP contribution >= 0.6 is 0 Å². The normalized spacial score (nSPS) is 15.3. The molecule has 4 N–H and O–H groups in total. The summed E-state index contributed by atoms with van der Waals surface area (Å²) in [4.78, 5) is 17.7. The number of pyridine rings is 1. The molecule has 1 fully saturated rings. The Balaban J connectivity index is 1.63. The van der Waals surface area contributed by atoms with E-state index in [2.05, 4.69) is 9.71 Å². The summed E-state index contributed by atoms with van der Waals surface area (Å²) >= 11 is 0. The van der Waals surface area contributed by atoms with E-state index >= 15 is 0 Å². The maximum absolute atomic E-state index is 13.0. The average Bonchev–Trinajstić information content (AvgIpc) is 3.17. The van der Waals surface area contributed by atoms with Crippen molar-refractivity contribution in [1.82, 2.24) is 10.5 Å². The maximum atomic E-state index is 13.0. The smallest absolute Gasteiger partial charge is 0.310 e. The predicted molar refractivity (Wildman–Crippen MR) is 108 cm³/mol. The number of rotatable bonds is 5. The van der Waals surface area contributed by atoms with Crippen molar-refractivity contribution in [3.8, 4) is 0 Å². The minimum Gasteiger partial charge on any atom is -0.451 e. The van der Waals surface area contributed by atoms with Gasteiger partial charge in [-0.25, -0.2) is 18.9 Å². The monoisotopic (exact) mass is 432 g/mol. The number of sulfonamides is 1. The standard InChI is InChI=1S/C19H20N4O6S/c24-13-5-8-23(9-6-13)18-15(2-1-7-20-18)22-30(27,28)14-4-3-12-10-17(19(25)21-26)29-16(12)11-14/h1-4,7,10-11,13,22,24,26H,5-6,8-9H2,(H,21,25). The van der Waals surface area contributed by atoms with E-state index < -0.39 is 15.9 Å². The van der Waals surface area contributed by atoms with Crippen molar-refractivity contribution >= 4 is 38.4 Å². The van der Waals surface area contributed by atoms with Gasteiger partial charge in [0.05, 0.1) is 16.7 Å². The Morgan fingerprint density at radius 1 is 1.20 bits per heavy atom. The first kappa shape index (κ1) is 20.1. The molecule has 158 valence electrons. The van der Waals surface area contributed by atoms with E-state index in [1.54, 1.807) is 18.3 Å². The topological polar surface area (TPSA) is 145 Å². The second-order valence-electron chi connectivity index (χ2n) is 6.95. The molecule has 1 aliphatic heterocycles. The Labute approximate surface area is 172 Å². The first-order valence-corrected chi connectivity index (χ1v) is 10.7. The van der Waals surface area contributed by atoms with Gasteiger partial charge in [-0.05, 0) is 43.2 Å². The molecule has 0 spiro atoms. The van der Waals surface area contributed by atoms with E-state index in [0.717, 1.165) is 0 Å². The number of aliphatic hydroxyl groups is 1. The van der Waals surface area contributed by atoms with Crippen LogP contribution in [0.3, 0.4) is 0 Å². The third kappa shape index (κ3) is 3.95. The molecule has 2 aromatic heterocycles. The Morgan fingerprint density at radius 3 is 2.70 bits per heavy atom. The number of nitrogens with zero attached hydrogens (tertiary/aromatic N) is 2. The van der Waals surface area contributed by atoms with Crippen LogP contribution in [0.4, 0.5) is 11.5 Å². The van der Waals surface area contributed by atoms with Gasteiger partial charge in [0, 0.05) is 30.7 Å². The zero-order chi connectivity index (χ0) is 21.3. The fraction of sp³-hybridized carbons (Fsp3) is 0.263. The van der Waals surface area contributed by atoms with Crippen LogP contribution in [0, 0.1) is 0 Å². The number of aliphatic hydroxyl groups excluding tert-OH is 1. The number of carbonyl (C=O) groups is 1. The van der Waals surface area contributed by atoms with Crippen LogP contribution < -0.4 is 15.1 Å². The molecule has 0 aliphatic carbocycles. The van der Waals surface area contributed by atoms with Crippen molar-refractivity contribution in [2.24, 2.45) is 0 Å². The number of carbonyl (C=O) groups excluding carboxylic acids is 1. The van der Waals surface area contributed by atoms with Crippen LogP contribution in [0.15, 0.2) is 51.9 Å². The summed E-state index contributed by atoms with van der Waals surface area (Å²) in [6.07, 6.45) is 2.40. The van der Waals surface area contributed by atoms with Gasteiger partial charge in [0.2, 0.25) is 0 Å². The molecule has 0 saturated carbocycles. The molecule has 0 unspecified atom stereocenters. The minimum atomic E-state index is -3.97. The number of nitrogens with one attached hydrogen (secondary N) is 2. The third-order valence-corrected chi connectivity index (χ3v) is 6.29. The lowest BCUT2D eigenvalue weighted by Crippen LogP contribution is -2.36. The lowest BCUT2D eigenvalue weighted by Gasteiger charge is -2.31. The summed E-state index contributed by atoms with van der Waals surface area (Å²) in [7, 11) is -3.97. The lowest BCUT2D eigenvalue weighted by molar-refractivity contribution is 0.0678. The van der Waals surface area contributed by atoms with Crippen molar-refractivity contribution in [1.29, 1.82) is 0 Å². The second kappa shape index (κ2) is 7.94. The van der Waals surface area contributed by atoms with Crippen molar-refractivity contribution in [3.63, 3.8) is 0 Å². The summed E-state index contributed by atoms with van der Waals surface area (Å²) in [5, 5.41) is 18.9. The third-order valence-electron chi connectivity index (χ3n) is 4.92. The number of furan rings is 1. The highest BCUT2D eigenvalue weighted by Gasteiger charge is 2.23. The number of amides is 1. The van der Waals surface area contributed by atoms with Crippen LogP contribution in [0.2, 0.25) is 0 Å². The minimum absolute atomic E-state index is 0.0517. The Kier molecular flexibility index (Phi) is 5.33. The summed E-state index contributed by atoms with van der Waals surface area (Å²) in [6, 6.07) is 8.87. The van der Waals surface area contributed by atoms with Gasteiger partial charge in [-0.3, -0.25) is 14.7 Å². The van der Waals surface area contributed by atoms with Crippen molar-refractivity contribution in [2.45, 2.75) is 23.8 Å². The van der Waals surface area contributed by atoms with E-state index in [1.807, 2.05) is 4.90 Å². The van der Waals surface area contributed by atoms with Crippen LogP contribution in [0.1, 0.15) is 23.4 Å². The Morgan fingerprint density at radius 2 is 1.97 bits per heavy atom. The SMILES string of the molecule is O=C(NO)c1cc2ccc(S(=O)(=O)Nc3cccnc3N3CCC(O)CC3)cc2o1. The van der Waals surface area contributed by atoms with Gasteiger partial charge in [-0.1, -0.05) is 0 Å². The molecular formula is C19H20N4O6S. The zero-order valence-electron chi connectivity index (χ0n) is 15.8.